The van der Waals surface area contributed by atoms with Crippen LogP contribution >= 0.6 is 11.6 Å². The fourth-order valence-electron chi connectivity index (χ4n) is 4.43. The van der Waals surface area contributed by atoms with Gasteiger partial charge in [0.05, 0.1) is 21.9 Å². The van der Waals surface area contributed by atoms with Crippen LogP contribution in [0.5, 0.6) is 11.5 Å². The normalized spacial score (nSPS) is 16.4. The summed E-state index contributed by atoms with van der Waals surface area (Å²) < 4.78 is 33.9. The average Bonchev–Trinajstić information content (AvgIpc) is 3.49. The number of imide groups is 1. The molecule has 2 aliphatic heterocycles. The predicted molar refractivity (Wildman–Crippen MR) is 139 cm³/mol. The number of carbonyl (C=O) groups excluding carboxylic acids is 3. The van der Waals surface area contributed by atoms with Crippen LogP contribution in [0.2, 0.25) is 5.02 Å². The van der Waals surface area contributed by atoms with Crippen LogP contribution in [0.15, 0.2) is 65.6 Å². The first-order valence-electron chi connectivity index (χ1n) is 11.6. The lowest BCUT2D eigenvalue weighted by Crippen LogP contribution is -2.45. The molecule has 0 saturated carbocycles. The van der Waals surface area contributed by atoms with Crippen molar-refractivity contribution >= 4 is 50.7 Å². The number of hydrogen-bond donors (Lipinski definition) is 1. The molecule has 3 aromatic rings. The largest absolute Gasteiger partial charge is 0.454 e. The van der Waals surface area contributed by atoms with Crippen LogP contribution in [0, 0.1) is 10.1 Å². The zero-order valence-electron chi connectivity index (χ0n) is 20.4. The highest BCUT2D eigenvalue weighted by Gasteiger charge is 2.45. The SMILES string of the molecule is NS(=O)(=O)c1ccc(N2C(=O)CC(N(Cc3ccc4c(c3)OCO4)C(=O)c3ccc(Cl)c([N+](=O)[O-])c3)C2=O)cc1. The van der Waals surface area contributed by atoms with Gasteiger partial charge in [-0.2, -0.15) is 0 Å². The van der Waals surface area contributed by atoms with Crippen molar-refractivity contribution in [1.82, 2.24) is 4.90 Å². The van der Waals surface area contributed by atoms with E-state index < -0.39 is 44.4 Å². The van der Waals surface area contributed by atoms with Crippen molar-refractivity contribution in [1.29, 1.82) is 0 Å². The van der Waals surface area contributed by atoms with Gasteiger partial charge in [0.25, 0.3) is 17.5 Å². The van der Waals surface area contributed by atoms with Crippen LogP contribution in [0.4, 0.5) is 11.4 Å². The topological polar surface area (TPSA) is 179 Å². The fraction of sp³-hybridized carbons (Fsp3) is 0.160. The minimum Gasteiger partial charge on any atom is -0.454 e. The molecule has 5 rings (SSSR count). The Morgan fingerprint density at radius 3 is 2.45 bits per heavy atom. The molecule has 1 fully saturated rings. The molecule has 1 saturated heterocycles. The second kappa shape index (κ2) is 10.2. The summed E-state index contributed by atoms with van der Waals surface area (Å²) in [7, 11) is -4.01. The van der Waals surface area contributed by atoms with Crippen LogP contribution in [0.25, 0.3) is 0 Å². The van der Waals surface area contributed by atoms with E-state index in [0.29, 0.717) is 17.1 Å². The number of sulfonamides is 1. The summed E-state index contributed by atoms with van der Waals surface area (Å²) in [5.74, 6) is -1.21. The maximum absolute atomic E-state index is 13.7. The number of carbonyl (C=O) groups is 3. The third kappa shape index (κ3) is 5.06. The number of anilines is 1. The lowest BCUT2D eigenvalue weighted by molar-refractivity contribution is -0.384. The number of nitro benzene ring substituents is 1. The molecule has 0 aliphatic carbocycles. The van der Waals surface area contributed by atoms with Gasteiger partial charge < -0.3 is 14.4 Å². The van der Waals surface area contributed by atoms with E-state index in [1.165, 1.54) is 24.3 Å². The maximum atomic E-state index is 13.7. The first-order chi connectivity index (χ1) is 18.9. The highest BCUT2D eigenvalue weighted by molar-refractivity contribution is 7.89. The number of rotatable bonds is 7. The number of nitrogens with two attached hydrogens (primary N) is 1. The first-order valence-corrected chi connectivity index (χ1v) is 13.5. The Hall–Kier alpha value is -4.53. The zero-order chi connectivity index (χ0) is 28.8. The summed E-state index contributed by atoms with van der Waals surface area (Å²) >= 11 is 5.91. The van der Waals surface area contributed by atoms with Crippen LogP contribution in [-0.4, -0.2) is 48.8 Å². The highest BCUT2D eigenvalue weighted by atomic mass is 35.5. The monoisotopic (exact) mass is 586 g/mol. The van der Waals surface area contributed by atoms with Crippen molar-refractivity contribution in [2.24, 2.45) is 5.14 Å². The van der Waals surface area contributed by atoms with E-state index in [-0.39, 0.29) is 40.9 Å². The Balaban J connectivity index is 1.51. The van der Waals surface area contributed by atoms with Gasteiger partial charge in [0.2, 0.25) is 22.7 Å². The van der Waals surface area contributed by atoms with Gasteiger partial charge in [-0.25, -0.2) is 18.5 Å². The van der Waals surface area contributed by atoms with Crippen molar-refractivity contribution in [3.63, 3.8) is 0 Å². The molecule has 3 amide bonds. The highest BCUT2D eigenvalue weighted by Crippen LogP contribution is 2.35. The second-order valence-electron chi connectivity index (χ2n) is 8.87. The number of benzene rings is 3. The number of halogens is 1. The Morgan fingerprint density at radius 2 is 1.77 bits per heavy atom. The van der Waals surface area contributed by atoms with Crippen LogP contribution in [0.3, 0.4) is 0 Å². The standard InChI is InChI=1S/C25H19ClN4O9S/c26-18-7-2-15(10-19(18)30(34)35)24(32)28(12-14-1-8-21-22(9-14)39-13-38-21)20-11-23(31)29(25(20)33)16-3-5-17(6-4-16)40(27,36)37/h1-10,20H,11-13H2,(H2,27,36,37). The molecular formula is C25H19ClN4O9S. The Kier molecular flexibility index (Phi) is 6.91. The first kappa shape index (κ1) is 27.1. The van der Waals surface area contributed by atoms with E-state index >= 15 is 0 Å². The number of nitrogens with zero attached hydrogens (tertiary/aromatic N) is 3. The van der Waals surface area contributed by atoms with E-state index in [4.69, 9.17) is 26.2 Å². The van der Waals surface area contributed by atoms with Crippen LogP contribution < -0.4 is 19.5 Å². The Labute approximate surface area is 231 Å². The molecule has 0 aromatic heterocycles. The van der Waals surface area contributed by atoms with Gasteiger partial charge in [-0.05, 0) is 54.1 Å². The lowest BCUT2D eigenvalue weighted by Gasteiger charge is -2.28. The molecule has 0 bridgehead atoms. The third-order valence-corrected chi connectivity index (χ3v) is 7.61. The van der Waals surface area contributed by atoms with Crippen molar-refractivity contribution < 1.29 is 37.2 Å². The van der Waals surface area contributed by atoms with E-state index in [1.807, 2.05) is 0 Å². The smallest absolute Gasteiger partial charge is 0.288 e. The Bertz CT molecular complexity index is 1680. The summed E-state index contributed by atoms with van der Waals surface area (Å²) in [5.41, 5.74) is 0.00812. The van der Waals surface area contributed by atoms with Crippen molar-refractivity contribution in [2.45, 2.75) is 23.9 Å². The van der Waals surface area contributed by atoms with Crippen molar-refractivity contribution in [3.05, 3.63) is 86.9 Å². The maximum Gasteiger partial charge on any atom is 0.288 e. The Morgan fingerprint density at radius 1 is 1.07 bits per heavy atom. The average molecular weight is 587 g/mol. The van der Waals surface area contributed by atoms with Gasteiger partial charge in [0, 0.05) is 18.2 Å². The van der Waals surface area contributed by atoms with Crippen molar-refractivity contribution in [2.75, 3.05) is 11.7 Å². The number of primary sulfonamides is 1. The van der Waals surface area contributed by atoms with Gasteiger partial charge in [0.15, 0.2) is 11.5 Å². The molecule has 13 nitrogen and oxygen atoms in total. The van der Waals surface area contributed by atoms with Crippen molar-refractivity contribution in [3.8, 4) is 11.5 Å². The molecule has 40 heavy (non-hydrogen) atoms. The van der Waals surface area contributed by atoms with Crippen LogP contribution in [-0.2, 0) is 26.2 Å². The molecule has 2 aliphatic rings. The summed E-state index contributed by atoms with van der Waals surface area (Å²) in [5, 5.41) is 16.4. The van der Waals surface area contributed by atoms with Gasteiger partial charge >= 0.3 is 0 Å². The quantitative estimate of drug-likeness (QED) is 0.247. The molecule has 2 N–H and O–H groups in total. The summed E-state index contributed by atoms with van der Waals surface area (Å²) in [4.78, 5) is 52.8. The van der Waals surface area contributed by atoms with Gasteiger partial charge in [0.1, 0.15) is 11.1 Å². The van der Waals surface area contributed by atoms with Crippen LogP contribution in [0.1, 0.15) is 22.3 Å². The molecule has 1 unspecified atom stereocenters. The molecular weight excluding hydrogens is 568 g/mol. The molecule has 15 heteroatoms. The van der Waals surface area contributed by atoms with Gasteiger partial charge in [-0.15, -0.1) is 0 Å². The number of nitro groups is 1. The third-order valence-electron chi connectivity index (χ3n) is 6.36. The fourth-order valence-corrected chi connectivity index (χ4v) is 5.13. The number of hydrogen-bond acceptors (Lipinski definition) is 9. The number of fused-ring (bicyclic) bond motifs is 1. The molecule has 1 atom stereocenters. The molecule has 0 spiro atoms. The van der Waals surface area contributed by atoms with E-state index in [1.54, 1.807) is 18.2 Å². The second-order valence-corrected chi connectivity index (χ2v) is 10.8. The van der Waals surface area contributed by atoms with Gasteiger partial charge in [-0.3, -0.25) is 24.5 Å². The number of ether oxygens (including phenoxy) is 2. The number of amides is 3. The molecule has 3 aromatic carbocycles. The lowest BCUT2D eigenvalue weighted by atomic mass is 10.1. The van der Waals surface area contributed by atoms with E-state index in [0.717, 1.165) is 28.0 Å². The molecule has 2 heterocycles. The molecule has 0 radical (unpaired) electrons. The summed E-state index contributed by atoms with van der Waals surface area (Å²) in [6, 6.07) is 11.9. The minimum atomic E-state index is -4.01. The molecule has 206 valence electrons. The minimum absolute atomic E-state index is 0.0185. The summed E-state index contributed by atoms with van der Waals surface area (Å²) in [6.07, 6.45) is -0.387. The van der Waals surface area contributed by atoms with E-state index in [2.05, 4.69) is 0 Å². The van der Waals surface area contributed by atoms with Gasteiger partial charge in [-0.1, -0.05) is 17.7 Å². The zero-order valence-corrected chi connectivity index (χ0v) is 21.9. The van der Waals surface area contributed by atoms with E-state index in [9.17, 15) is 32.9 Å². The summed E-state index contributed by atoms with van der Waals surface area (Å²) in [6.45, 7) is -0.140. The predicted octanol–water partition coefficient (Wildman–Crippen LogP) is 2.60.